The summed E-state index contributed by atoms with van der Waals surface area (Å²) in [5.41, 5.74) is 3.05. The fraction of sp³-hybridized carbons (Fsp3) is 0.933. The van der Waals surface area contributed by atoms with E-state index in [0.717, 1.165) is 47.3 Å². The number of allylic oxidation sites excluding steroid dienone is 2. The first kappa shape index (κ1) is 22.9. The molecule has 30 heavy (non-hydrogen) atoms. The number of hydrogen-bond acceptors (Lipinski definition) is 0. The van der Waals surface area contributed by atoms with Crippen LogP contribution in [0.3, 0.4) is 0 Å². The molecule has 0 unspecified atom stereocenters. The lowest BCUT2D eigenvalue weighted by atomic mass is 9.46. The van der Waals surface area contributed by atoms with Gasteiger partial charge in [-0.1, -0.05) is 73.0 Å². The second kappa shape index (κ2) is 8.59. The lowest BCUT2D eigenvalue weighted by molar-refractivity contribution is -0.0525. The number of rotatable bonds is 6. The highest BCUT2D eigenvalue weighted by molar-refractivity contribution is 5.25. The van der Waals surface area contributed by atoms with E-state index in [2.05, 4.69) is 54.5 Å². The van der Waals surface area contributed by atoms with E-state index in [1.54, 1.807) is 0 Å². The fourth-order valence-electron chi connectivity index (χ4n) is 9.51. The second-order valence-corrected chi connectivity index (χ2v) is 13.3. The van der Waals surface area contributed by atoms with Gasteiger partial charge in [-0.15, -0.1) is 0 Å². The zero-order chi connectivity index (χ0) is 21.7. The molecule has 0 N–H and O–H groups in total. The maximum atomic E-state index is 2.76. The summed E-state index contributed by atoms with van der Waals surface area (Å²) in [6, 6.07) is 0. The lowest BCUT2D eigenvalue weighted by Crippen LogP contribution is -2.50. The van der Waals surface area contributed by atoms with Gasteiger partial charge in [-0.05, 0) is 116 Å². The molecule has 172 valence electrons. The van der Waals surface area contributed by atoms with E-state index in [4.69, 9.17) is 0 Å². The Morgan fingerprint density at radius 1 is 0.967 bits per heavy atom. The van der Waals surface area contributed by atoms with Gasteiger partial charge in [0.2, 0.25) is 0 Å². The van der Waals surface area contributed by atoms with Crippen molar-refractivity contribution < 1.29 is 0 Å². The molecular weight excluding hydrogens is 360 g/mol. The van der Waals surface area contributed by atoms with Crippen LogP contribution < -0.4 is 0 Å². The Morgan fingerprint density at radius 3 is 2.43 bits per heavy atom. The van der Waals surface area contributed by atoms with Gasteiger partial charge in [0.15, 0.2) is 0 Å². The third kappa shape index (κ3) is 3.75. The Bertz CT molecular complexity index is 628. The molecule has 0 spiro atoms. The molecule has 4 aliphatic rings. The summed E-state index contributed by atoms with van der Waals surface area (Å²) in [6.45, 7) is 17.8. The SMILES string of the molecule is CC[C@H](CC[C@@H](C)[C@H]1CC[C@H]2[C@H]3CC=C4C[C@@H](C)CC[C@]4(C)[C@H]3CC[C@]12C)C(C)C. The van der Waals surface area contributed by atoms with Crippen LogP contribution in [-0.4, -0.2) is 0 Å². The fourth-order valence-corrected chi connectivity index (χ4v) is 9.51. The standard InChI is InChI=1S/C30H52/c1-8-23(20(2)3)10-9-22(5)26-13-14-27-25-12-11-24-19-21(4)15-17-29(24,6)28(25)16-18-30(26,27)7/h11,20-23,25-28H,8-10,12-19H2,1-7H3/t21-,22+,23+,25+,26+,27-,28-,29-,30+/m0/s1. The molecule has 0 aliphatic heterocycles. The van der Waals surface area contributed by atoms with Gasteiger partial charge < -0.3 is 0 Å². The van der Waals surface area contributed by atoms with E-state index in [9.17, 15) is 0 Å². The van der Waals surface area contributed by atoms with Gasteiger partial charge in [-0.25, -0.2) is 0 Å². The zero-order valence-electron chi connectivity index (χ0n) is 21.5. The highest BCUT2D eigenvalue weighted by atomic mass is 14.6. The van der Waals surface area contributed by atoms with Crippen LogP contribution in [0.2, 0.25) is 0 Å². The van der Waals surface area contributed by atoms with Crippen molar-refractivity contribution in [3.8, 4) is 0 Å². The molecule has 3 fully saturated rings. The highest BCUT2D eigenvalue weighted by Crippen LogP contribution is 2.67. The van der Waals surface area contributed by atoms with Gasteiger partial charge >= 0.3 is 0 Å². The van der Waals surface area contributed by atoms with E-state index in [0.29, 0.717) is 10.8 Å². The Balaban J connectivity index is 1.47. The Kier molecular flexibility index (Phi) is 6.56. The summed E-state index contributed by atoms with van der Waals surface area (Å²) in [4.78, 5) is 0. The van der Waals surface area contributed by atoms with E-state index >= 15 is 0 Å². The predicted molar refractivity (Wildman–Crippen MR) is 131 cm³/mol. The molecule has 9 atom stereocenters. The van der Waals surface area contributed by atoms with Crippen molar-refractivity contribution in [2.75, 3.05) is 0 Å². The van der Waals surface area contributed by atoms with Gasteiger partial charge in [0, 0.05) is 0 Å². The van der Waals surface area contributed by atoms with Crippen LogP contribution in [0.1, 0.15) is 119 Å². The summed E-state index contributed by atoms with van der Waals surface area (Å²) >= 11 is 0. The topological polar surface area (TPSA) is 0 Å². The molecule has 0 saturated heterocycles. The van der Waals surface area contributed by atoms with Gasteiger partial charge in [0.25, 0.3) is 0 Å². The molecule has 4 rings (SSSR count). The van der Waals surface area contributed by atoms with Crippen LogP contribution in [0, 0.1) is 58.2 Å². The summed E-state index contributed by atoms with van der Waals surface area (Å²) in [5.74, 6) is 7.59. The Labute approximate surface area is 189 Å². The number of hydrogen-bond donors (Lipinski definition) is 0. The number of fused-ring (bicyclic) bond motifs is 5. The third-order valence-corrected chi connectivity index (χ3v) is 11.6. The van der Waals surface area contributed by atoms with Gasteiger partial charge in [0.1, 0.15) is 0 Å². The first-order chi connectivity index (χ1) is 14.2. The lowest BCUT2D eigenvalue weighted by Gasteiger charge is -2.58. The smallest absolute Gasteiger partial charge is 0.00851 e. The summed E-state index contributed by atoms with van der Waals surface area (Å²) < 4.78 is 0. The molecule has 0 heteroatoms. The molecule has 4 aliphatic carbocycles. The summed E-state index contributed by atoms with van der Waals surface area (Å²) in [5, 5.41) is 0. The van der Waals surface area contributed by atoms with Gasteiger partial charge in [-0.3, -0.25) is 0 Å². The van der Waals surface area contributed by atoms with Crippen molar-refractivity contribution >= 4 is 0 Å². The van der Waals surface area contributed by atoms with Crippen molar-refractivity contribution in [2.45, 2.75) is 119 Å². The summed E-state index contributed by atoms with van der Waals surface area (Å²) in [7, 11) is 0. The Hall–Kier alpha value is -0.260. The molecule has 0 heterocycles. The van der Waals surface area contributed by atoms with Gasteiger partial charge in [-0.2, -0.15) is 0 Å². The molecule has 0 bridgehead atoms. The molecule has 3 saturated carbocycles. The predicted octanol–water partition coefficient (Wildman–Crippen LogP) is 9.30. The van der Waals surface area contributed by atoms with Crippen LogP contribution in [-0.2, 0) is 0 Å². The van der Waals surface area contributed by atoms with Crippen LogP contribution in [0.25, 0.3) is 0 Å². The van der Waals surface area contributed by atoms with Crippen molar-refractivity contribution in [2.24, 2.45) is 58.2 Å². The average molecular weight is 413 g/mol. The summed E-state index contributed by atoms with van der Waals surface area (Å²) in [6.07, 6.45) is 18.9. The maximum absolute atomic E-state index is 2.76. The Morgan fingerprint density at radius 2 is 1.73 bits per heavy atom. The van der Waals surface area contributed by atoms with Crippen molar-refractivity contribution in [3.05, 3.63) is 11.6 Å². The quantitative estimate of drug-likeness (QED) is 0.381. The van der Waals surface area contributed by atoms with E-state index in [1.807, 2.05) is 5.57 Å². The minimum Gasteiger partial charge on any atom is -0.0845 e. The average Bonchev–Trinajstić information content (AvgIpc) is 3.06. The molecule has 0 nitrogen and oxygen atoms in total. The molecular formula is C30H52. The van der Waals surface area contributed by atoms with Crippen LogP contribution in [0.15, 0.2) is 11.6 Å². The van der Waals surface area contributed by atoms with Gasteiger partial charge in [0.05, 0.1) is 0 Å². The molecule has 0 radical (unpaired) electrons. The normalized spacial score (nSPS) is 45.3. The van der Waals surface area contributed by atoms with E-state index in [-0.39, 0.29) is 0 Å². The van der Waals surface area contributed by atoms with Crippen LogP contribution in [0.4, 0.5) is 0 Å². The minimum atomic E-state index is 0.548. The molecule has 0 amide bonds. The molecule has 0 aromatic rings. The minimum absolute atomic E-state index is 0.548. The van der Waals surface area contributed by atoms with Crippen molar-refractivity contribution in [3.63, 3.8) is 0 Å². The zero-order valence-corrected chi connectivity index (χ0v) is 21.5. The second-order valence-electron chi connectivity index (χ2n) is 13.3. The molecule has 0 aromatic heterocycles. The largest absolute Gasteiger partial charge is 0.0845 e. The van der Waals surface area contributed by atoms with Crippen molar-refractivity contribution in [1.29, 1.82) is 0 Å². The molecule has 0 aromatic carbocycles. The van der Waals surface area contributed by atoms with Crippen LogP contribution >= 0.6 is 0 Å². The maximum Gasteiger partial charge on any atom is -0.00851 e. The van der Waals surface area contributed by atoms with E-state index in [1.165, 1.54) is 70.6 Å². The van der Waals surface area contributed by atoms with E-state index < -0.39 is 0 Å². The monoisotopic (exact) mass is 412 g/mol. The van der Waals surface area contributed by atoms with Crippen LogP contribution in [0.5, 0.6) is 0 Å². The highest BCUT2D eigenvalue weighted by Gasteiger charge is 2.58. The third-order valence-electron chi connectivity index (χ3n) is 11.6. The first-order valence-corrected chi connectivity index (χ1v) is 13.9. The van der Waals surface area contributed by atoms with Crippen molar-refractivity contribution in [1.82, 2.24) is 0 Å². The first-order valence-electron chi connectivity index (χ1n) is 13.9.